The van der Waals surface area contributed by atoms with E-state index in [0.29, 0.717) is 0 Å². The number of hydrogen-bond donors (Lipinski definition) is 2. The lowest BCUT2D eigenvalue weighted by molar-refractivity contribution is 0.220. The molecule has 1 aliphatic carbocycles. The third-order valence-corrected chi connectivity index (χ3v) is 3.18. The predicted octanol–water partition coefficient (Wildman–Crippen LogP) is 1.63. The highest BCUT2D eigenvalue weighted by molar-refractivity contribution is 5.35. The minimum atomic E-state index is 0.217. The van der Waals surface area contributed by atoms with E-state index in [4.69, 9.17) is 0 Å². The van der Waals surface area contributed by atoms with Crippen LogP contribution in [0.4, 0.5) is 0 Å². The molecule has 1 aromatic carbocycles. The first-order chi connectivity index (χ1) is 6.86. The number of aliphatic hydroxyl groups excluding tert-OH is 2. The van der Waals surface area contributed by atoms with Gasteiger partial charge in [-0.1, -0.05) is 24.3 Å². The molecule has 0 unspecified atom stereocenters. The van der Waals surface area contributed by atoms with Gasteiger partial charge in [-0.2, -0.15) is 0 Å². The highest BCUT2D eigenvalue weighted by Crippen LogP contribution is 2.37. The lowest BCUT2D eigenvalue weighted by Gasteiger charge is -2.29. The standard InChI is InChI=1S/C12H16O2/c13-7-9-5-6-10(8-14)12-4-2-1-3-11(9)12/h1-4,9-10,13-14H,5-8H2/t9-,10+. The SMILES string of the molecule is OC[C@@H]1CC[C@H](CO)c2ccccc21. The third kappa shape index (κ3) is 1.56. The lowest BCUT2D eigenvalue weighted by atomic mass is 9.77. The van der Waals surface area contributed by atoms with Gasteiger partial charge in [0.05, 0.1) is 0 Å². The zero-order chi connectivity index (χ0) is 9.97. The maximum atomic E-state index is 9.23. The minimum Gasteiger partial charge on any atom is -0.396 e. The molecule has 0 heterocycles. The van der Waals surface area contributed by atoms with Gasteiger partial charge in [-0.3, -0.25) is 0 Å². The van der Waals surface area contributed by atoms with Crippen molar-refractivity contribution in [1.29, 1.82) is 0 Å². The van der Waals surface area contributed by atoms with Crippen molar-refractivity contribution in [2.45, 2.75) is 24.7 Å². The molecule has 0 aliphatic heterocycles. The Morgan fingerprint density at radius 1 is 0.929 bits per heavy atom. The predicted molar refractivity (Wildman–Crippen MR) is 55.3 cm³/mol. The molecule has 0 amide bonds. The Morgan fingerprint density at radius 3 is 1.71 bits per heavy atom. The van der Waals surface area contributed by atoms with Crippen LogP contribution >= 0.6 is 0 Å². The van der Waals surface area contributed by atoms with Gasteiger partial charge in [0, 0.05) is 25.0 Å². The van der Waals surface area contributed by atoms with Crippen LogP contribution in [0.2, 0.25) is 0 Å². The van der Waals surface area contributed by atoms with Crippen molar-refractivity contribution in [3.8, 4) is 0 Å². The van der Waals surface area contributed by atoms with Crippen LogP contribution in [0, 0.1) is 0 Å². The highest BCUT2D eigenvalue weighted by atomic mass is 16.3. The average Bonchev–Trinajstić information content (AvgIpc) is 2.27. The van der Waals surface area contributed by atoms with Crippen LogP contribution in [0.25, 0.3) is 0 Å². The summed E-state index contributed by atoms with van der Waals surface area (Å²) in [5.74, 6) is 0.544. The molecule has 2 rings (SSSR count). The molecule has 0 bridgehead atoms. The Bertz CT molecular complexity index is 278. The van der Waals surface area contributed by atoms with E-state index >= 15 is 0 Å². The molecule has 1 aliphatic rings. The van der Waals surface area contributed by atoms with E-state index in [9.17, 15) is 10.2 Å². The largest absolute Gasteiger partial charge is 0.396 e. The number of rotatable bonds is 2. The number of hydrogen-bond acceptors (Lipinski definition) is 2. The molecule has 2 nitrogen and oxygen atoms in total. The second-order valence-corrected chi connectivity index (χ2v) is 3.97. The summed E-state index contributed by atoms with van der Waals surface area (Å²) in [5.41, 5.74) is 2.45. The molecule has 76 valence electrons. The fourth-order valence-corrected chi connectivity index (χ4v) is 2.35. The van der Waals surface area contributed by atoms with Crippen molar-refractivity contribution in [2.24, 2.45) is 0 Å². The molecule has 14 heavy (non-hydrogen) atoms. The van der Waals surface area contributed by atoms with Crippen molar-refractivity contribution in [3.05, 3.63) is 35.4 Å². The van der Waals surface area contributed by atoms with E-state index in [1.807, 2.05) is 12.1 Å². The number of aliphatic hydroxyl groups is 2. The van der Waals surface area contributed by atoms with E-state index in [1.54, 1.807) is 0 Å². The van der Waals surface area contributed by atoms with E-state index < -0.39 is 0 Å². The summed E-state index contributed by atoms with van der Waals surface area (Å²) in [4.78, 5) is 0. The Balaban J connectivity index is 2.38. The van der Waals surface area contributed by atoms with Crippen LogP contribution in [-0.2, 0) is 0 Å². The number of benzene rings is 1. The summed E-state index contributed by atoms with van der Waals surface area (Å²) in [6.45, 7) is 0.435. The van der Waals surface area contributed by atoms with Crippen LogP contribution in [0.1, 0.15) is 35.8 Å². The highest BCUT2D eigenvalue weighted by Gasteiger charge is 2.25. The van der Waals surface area contributed by atoms with Gasteiger partial charge in [0.25, 0.3) is 0 Å². The normalized spacial score (nSPS) is 25.9. The van der Waals surface area contributed by atoms with E-state index in [-0.39, 0.29) is 25.0 Å². The van der Waals surface area contributed by atoms with Crippen molar-refractivity contribution >= 4 is 0 Å². The van der Waals surface area contributed by atoms with E-state index in [1.165, 1.54) is 11.1 Å². The summed E-state index contributed by atoms with van der Waals surface area (Å²) >= 11 is 0. The fourth-order valence-electron chi connectivity index (χ4n) is 2.35. The lowest BCUT2D eigenvalue weighted by Crippen LogP contribution is -2.18. The average molecular weight is 192 g/mol. The summed E-state index contributed by atoms with van der Waals surface area (Å²) < 4.78 is 0. The molecule has 2 heteroatoms. The van der Waals surface area contributed by atoms with Crippen LogP contribution in [-0.4, -0.2) is 23.4 Å². The third-order valence-electron chi connectivity index (χ3n) is 3.18. The smallest absolute Gasteiger partial charge is 0.0499 e. The molecule has 2 atom stereocenters. The van der Waals surface area contributed by atoms with Gasteiger partial charge < -0.3 is 10.2 Å². The zero-order valence-electron chi connectivity index (χ0n) is 8.19. The molecule has 0 saturated heterocycles. The molecule has 0 saturated carbocycles. The first kappa shape index (κ1) is 9.69. The second kappa shape index (κ2) is 4.11. The van der Waals surface area contributed by atoms with Gasteiger partial charge >= 0.3 is 0 Å². The Kier molecular flexibility index (Phi) is 2.85. The van der Waals surface area contributed by atoms with Gasteiger partial charge in [-0.15, -0.1) is 0 Å². The molecule has 0 radical (unpaired) electrons. The Morgan fingerprint density at radius 2 is 1.36 bits per heavy atom. The first-order valence-corrected chi connectivity index (χ1v) is 5.17. The van der Waals surface area contributed by atoms with Gasteiger partial charge in [0.1, 0.15) is 0 Å². The molecule has 0 spiro atoms. The van der Waals surface area contributed by atoms with Crippen LogP contribution < -0.4 is 0 Å². The van der Waals surface area contributed by atoms with Crippen LogP contribution in [0.3, 0.4) is 0 Å². The van der Waals surface area contributed by atoms with E-state index in [0.717, 1.165) is 12.8 Å². The van der Waals surface area contributed by atoms with Crippen molar-refractivity contribution in [1.82, 2.24) is 0 Å². The molecule has 0 aromatic heterocycles. The van der Waals surface area contributed by atoms with Crippen molar-refractivity contribution in [2.75, 3.05) is 13.2 Å². The summed E-state index contributed by atoms with van der Waals surface area (Å²) in [5, 5.41) is 18.5. The van der Waals surface area contributed by atoms with Crippen molar-refractivity contribution in [3.63, 3.8) is 0 Å². The fraction of sp³-hybridized carbons (Fsp3) is 0.500. The quantitative estimate of drug-likeness (QED) is 0.747. The maximum Gasteiger partial charge on any atom is 0.0499 e. The van der Waals surface area contributed by atoms with Crippen LogP contribution in [0.5, 0.6) is 0 Å². The summed E-state index contributed by atoms with van der Waals surface area (Å²) in [6.07, 6.45) is 1.97. The van der Waals surface area contributed by atoms with Crippen molar-refractivity contribution < 1.29 is 10.2 Å². The van der Waals surface area contributed by atoms with Gasteiger partial charge in [-0.05, 0) is 24.0 Å². The molecule has 0 fully saturated rings. The molecule has 1 aromatic rings. The van der Waals surface area contributed by atoms with Gasteiger partial charge in [0.15, 0.2) is 0 Å². The molecular weight excluding hydrogens is 176 g/mol. The Hall–Kier alpha value is -0.860. The van der Waals surface area contributed by atoms with E-state index in [2.05, 4.69) is 12.1 Å². The minimum absolute atomic E-state index is 0.217. The topological polar surface area (TPSA) is 40.5 Å². The second-order valence-electron chi connectivity index (χ2n) is 3.97. The molecular formula is C12H16O2. The van der Waals surface area contributed by atoms with Gasteiger partial charge in [-0.25, -0.2) is 0 Å². The monoisotopic (exact) mass is 192 g/mol. The number of fused-ring (bicyclic) bond motifs is 1. The van der Waals surface area contributed by atoms with Crippen LogP contribution in [0.15, 0.2) is 24.3 Å². The summed E-state index contributed by atoms with van der Waals surface area (Å²) in [6, 6.07) is 8.14. The maximum absolute atomic E-state index is 9.23. The zero-order valence-corrected chi connectivity index (χ0v) is 8.19. The summed E-state index contributed by atoms with van der Waals surface area (Å²) in [7, 11) is 0. The van der Waals surface area contributed by atoms with Gasteiger partial charge in [0.2, 0.25) is 0 Å². The Labute approximate surface area is 84.2 Å². The first-order valence-electron chi connectivity index (χ1n) is 5.17. The molecule has 2 N–H and O–H groups in total.